The molecular formula is C25H27F2N5O3. The van der Waals surface area contributed by atoms with Crippen molar-refractivity contribution in [3.63, 3.8) is 0 Å². The van der Waals surface area contributed by atoms with Gasteiger partial charge in [-0.25, -0.2) is 13.6 Å². The summed E-state index contributed by atoms with van der Waals surface area (Å²) in [6.45, 7) is 3.60. The lowest BCUT2D eigenvalue weighted by atomic mass is 10.1. The SMILES string of the molecule is O=C(NCc1ccco1)c1cncc(CCCN2CCN(C(=O)Nc3ccc(F)cc3F)CC2)c1. The number of rotatable bonds is 8. The van der Waals surface area contributed by atoms with E-state index in [4.69, 9.17) is 4.42 Å². The Morgan fingerprint density at radius 2 is 1.89 bits per heavy atom. The first-order chi connectivity index (χ1) is 17.0. The van der Waals surface area contributed by atoms with Crippen molar-refractivity contribution in [2.24, 2.45) is 0 Å². The van der Waals surface area contributed by atoms with Crippen LogP contribution in [0.4, 0.5) is 19.3 Å². The van der Waals surface area contributed by atoms with Crippen LogP contribution >= 0.6 is 0 Å². The molecule has 184 valence electrons. The van der Waals surface area contributed by atoms with Gasteiger partial charge >= 0.3 is 6.03 Å². The summed E-state index contributed by atoms with van der Waals surface area (Å²) in [6.07, 6.45) is 6.53. The molecule has 8 nitrogen and oxygen atoms in total. The molecule has 10 heteroatoms. The molecule has 35 heavy (non-hydrogen) atoms. The zero-order valence-corrected chi connectivity index (χ0v) is 19.2. The molecule has 0 saturated carbocycles. The quantitative estimate of drug-likeness (QED) is 0.510. The fraction of sp³-hybridized carbons (Fsp3) is 0.320. The number of amides is 3. The Hall–Kier alpha value is -3.79. The first kappa shape index (κ1) is 24.3. The average molecular weight is 484 g/mol. The van der Waals surface area contributed by atoms with Crippen molar-refractivity contribution < 1.29 is 22.8 Å². The van der Waals surface area contributed by atoms with Crippen LogP contribution in [0, 0.1) is 11.6 Å². The Kier molecular flexibility index (Phi) is 8.04. The van der Waals surface area contributed by atoms with E-state index in [2.05, 4.69) is 20.5 Å². The molecule has 3 heterocycles. The smallest absolute Gasteiger partial charge is 0.322 e. The lowest BCUT2D eigenvalue weighted by Gasteiger charge is -2.34. The van der Waals surface area contributed by atoms with Crippen molar-refractivity contribution in [1.82, 2.24) is 20.1 Å². The summed E-state index contributed by atoms with van der Waals surface area (Å²) in [4.78, 5) is 32.8. The summed E-state index contributed by atoms with van der Waals surface area (Å²) >= 11 is 0. The second-order valence-corrected chi connectivity index (χ2v) is 8.33. The lowest BCUT2D eigenvalue weighted by Crippen LogP contribution is -2.50. The number of halogens is 2. The number of benzene rings is 1. The van der Waals surface area contributed by atoms with Gasteiger partial charge in [-0.15, -0.1) is 0 Å². The topological polar surface area (TPSA) is 90.7 Å². The summed E-state index contributed by atoms with van der Waals surface area (Å²) in [5.74, 6) is -1.01. The van der Waals surface area contributed by atoms with E-state index in [0.29, 0.717) is 44.0 Å². The Balaban J connectivity index is 1.18. The summed E-state index contributed by atoms with van der Waals surface area (Å²) in [5, 5.41) is 5.31. The molecule has 0 unspecified atom stereocenters. The third kappa shape index (κ3) is 6.86. The molecule has 0 bridgehead atoms. The maximum Gasteiger partial charge on any atom is 0.322 e. The fourth-order valence-electron chi connectivity index (χ4n) is 3.90. The number of nitrogens with one attached hydrogen (secondary N) is 2. The highest BCUT2D eigenvalue weighted by atomic mass is 19.1. The van der Waals surface area contributed by atoms with E-state index in [9.17, 15) is 18.4 Å². The van der Waals surface area contributed by atoms with E-state index in [0.717, 1.165) is 37.1 Å². The molecule has 0 aliphatic carbocycles. The first-order valence-corrected chi connectivity index (χ1v) is 11.5. The van der Waals surface area contributed by atoms with E-state index in [1.807, 2.05) is 6.07 Å². The Bertz CT molecular complexity index is 1150. The fourth-order valence-corrected chi connectivity index (χ4v) is 3.90. The largest absolute Gasteiger partial charge is 0.467 e. The highest BCUT2D eigenvalue weighted by Crippen LogP contribution is 2.16. The molecule has 3 aromatic rings. The molecule has 1 saturated heterocycles. The van der Waals surface area contributed by atoms with Crippen molar-refractivity contribution in [3.8, 4) is 0 Å². The molecule has 1 aliphatic heterocycles. The van der Waals surface area contributed by atoms with Crippen molar-refractivity contribution in [2.45, 2.75) is 19.4 Å². The van der Waals surface area contributed by atoms with Crippen LogP contribution in [0.1, 0.15) is 28.1 Å². The summed E-state index contributed by atoms with van der Waals surface area (Å²) in [6, 6.07) is 8.08. The van der Waals surface area contributed by atoms with Crippen LogP contribution in [0.2, 0.25) is 0 Å². The number of urea groups is 1. The number of aryl methyl sites for hydroxylation is 1. The number of nitrogens with zero attached hydrogens (tertiary/aromatic N) is 3. The number of hydrogen-bond acceptors (Lipinski definition) is 5. The van der Waals surface area contributed by atoms with Gasteiger partial charge in [-0.1, -0.05) is 0 Å². The number of aromatic nitrogens is 1. The molecule has 1 fully saturated rings. The van der Waals surface area contributed by atoms with Gasteiger partial charge in [0.15, 0.2) is 0 Å². The molecular weight excluding hydrogens is 456 g/mol. The van der Waals surface area contributed by atoms with E-state index >= 15 is 0 Å². The number of hydrogen-bond donors (Lipinski definition) is 2. The molecule has 2 N–H and O–H groups in total. The highest BCUT2D eigenvalue weighted by Gasteiger charge is 2.21. The Morgan fingerprint density at radius 3 is 2.63 bits per heavy atom. The van der Waals surface area contributed by atoms with E-state index in [1.54, 1.807) is 35.7 Å². The molecule has 3 amide bonds. The number of piperazine rings is 1. The molecule has 0 atom stereocenters. The molecule has 0 spiro atoms. The molecule has 0 radical (unpaired) electrons. The predicted octanol–water partition coefficient (Wildman–Crippen LogP) is 3.67. The number of carbonyl (C=O) groups is 2. The van der Waals surface area contributed by atoms with Crippen LogP contribution in [0.5, 0.6) is 0 Å². The highest BCUT2D eigenvalue weighted by molar-refractivity contribution is 5.94. The van der Waals surface area contributed by atoms with Gasteiger partial charge in [-0.3, -0.25) is 14.7 Å². The zero-order chi connectivity index (χ0) is 24.6. The van der Waals surface area contributed by atoms with Crippen molar-refractivity contribution in [2.75, 3.05) is 38.0 Å². The third-order valence-corrected chi connectivity index (χ3v) is 5.83. The maximum atomic E-state index is 13.8. The van der Waals surface area contributed by atoms with Gasteiger partial charge < -0.3 is 20.0 Å². The van der Waals surface area contributed by atoms with E-state index in [-0.39, 0.29) is 11.6 Å². The van der Waals surface area contributed by atoms with Crippen LogP contribution in [0.25, 0.3) is 0 Å². The second kappa shape index (κ2) is 11.6. The third-order valence-electron chi connectivity index (χ3n) is 5.83. The van der Waals surface area contributed by atoms with Gasteiger partial charge in [0, 0.05) is 44.6 Å². The van der Waals surface area contributed by atoms with E-state index in [1.165, 1.54) is 6.07 Å². The number of carbonyl (C=O) groups excluding carboxylic acids is 2. The number of pyridine rings is 1. The molecule has 1 aliphatic rings. The first-order valence-electron chi connectivity index (χ1n) is 11.5. The van der Waals surface area contributed by atoms with Crippen LogP contribution in [-0.2, 0) is 13.0 Å². The molecule has 1 aromatic carbocycles. The van der Waals surface area contributed by atoms with Crippen molar-refractivity contribution in [1.29, 1.82) is 0 Å². The number of anilines is 1. The van der Waals surface area contributed by atoms with Crippen molar-refractivity contribution >= 4 is 17.6 Å². The lowest BCUT2D eigenvalue weighted by molar-refractivity contribution is 0.0947. The van der Waals surface area contributed by atoms with E-state index < -0.39 is 17.7 Å². The summed E-state index contributed by atoms with van der Waals surface area (Å²) in [7, 11) is 0. The van der Waals surface area contributed by atoms with Gasteiger partial charge in [0.25, 0.3) is 5.91 Å². The summed E-state index contributed by atoms with van der Waals surface area (Å²) < 4.78 is 32.0. The predicted molar refractivity (Wildman–Crippen MR) is 126 cm³/mol. The van der Waals surface area contributed by atoms with Crippen LogP contribution in [0.3, 0.4) is 0 Å². The van der Waals surface area contributed by atoms with Gasteiger partial charge in [-0.2, -0.15) is 0 Å². The average Bonchev–Trinajstić information content (AvgIpc) is 3.39. The van der Waals surface area contributed by atoms with Gasteiger partial charge in [-0.05, 0) is 55.3 Å². The van der Waals surface area contributed by atoms with Crippen LogP contribution in [0.15, 0.2) is 59.5 Å². The van der Waals surface area contributed by atoms with Crippen molar-refractivity contribution in [3.05, 3.63) is 83.6 Å². The Morgan fingerprint density at radius 1 is 1.06 bits per heavy atom. The van der Waals surface area contributed by atoms with Gasteiger partial charge in [0.2, 0.25) is 0 Å². The second-order valence-electron chi connectivity index (χ2n) is 8.33. The molecule has 2 aromatic heterocycles. The minimum atomic E-state index is -0.800. The standard InChI is InChI=1S/C25H27F2N5O3/c26-20-5-6-23(22(27)14-20)30-25(34)32-10-8-31(9-11-32)7-1-3-18-13-19(16-28-15-18)24(33)29-17-21-4-2-12-35-21/h2,4-6,12-16H,1,3,7-11,17H2,(H,29,33)(H,30,34). The monoisotopic (exact) mass is 483 g/mol. The van der Waals surface area contributed by atoms with Crippen LogP contribution in [-0.4, -0.2) is 59.4 Å². The minimum Gasteiger partial charge on any atom is -0.467 e. The Labute approximate surface area is 201 Å². The maximum absolute atomic E-state index is 13.8. The van der Waals surface area contributed by atoms with Gasteiger partial charge in [0.1, 0.15) is 17.4 Å². The van der Waals surface area contributed by atoms with Crippen LogP contribution < -0.4 is 10.6 Å². The summed E-state index contributed by atoms with van der Waals surface area (Å²) in [5.41, 5.74) is 1.45. The number of furan rings is 1. The minimum absolute atomic E-state index is 0.0377. The van der Waals surface area contributed by atoms with Gasteiger partial charge in [0.05, 0.1) is 24.1 Å². The zero-order valence-electron chi connectivity index (χ0n) is 19.2. The normalized spacial score (nSPS) is 14.1. The molecule has 4 rings (SSSR count).